The van der Waals surface area contributed by atoms with Crippen LogP contribution in [0.1, 0.15) is 44.2 Å². The Hall–Kier alpha value is -0.240. The minimum absolute atomic E-state index is 0.370. The number of hydrogen-bond donors (Lipinski definition) is 1. The average Bonchev–Trinajstić information content (AvgIpc) is 2.81. The summed E-state index contributed by atoms with van der Waals surface area (Å²) in [6.07, 6.45) is 5.53. The molecule has 3 aliphatic carbocycles. The zero-order chi connectivity index (χ0) is 13.9. The van der Waals surface area contributed by atoms with E-state index in [4.69, 9.17) is 23.2 Å². The summed E-state index contributed by atoms with van der Waals surface area (Å²) >= 11 is 12.4. The van der Waals surface area contributed by atoms with Crippen LogP contribution in [0.3, 0.4) is 0 Å². The van der Waals surface area contributed by atoms with Gasteiger partial charge in [0.05, 0.1) is 0 Å². The van der Waals surface area contributed by atoms with E-state index in [0.717, 1.165) is 46.2 Å². The highest BCUT2D eigenvalue weighted by Crippen LogP contribution is 2.66. The Balaban J connectivity index is 1.50. The van der Waals surface area contributed by atoms with Crippen LogP contribution in [0.5, 0.6) is 0 Å². The lowest BCUT2D eigenvalue weighted by Gasteiger charge is -2.21. The smallest absolute Gasteiger partial charge is 0.0468 e. The molecular weight excluding hydrogens is 289 g/mol. The normalized spacial score (nSPS) is 38.9. The molecule has 1 N–H and O–H groups in total. The van der Waals surface area contributed by atoms with Crippen LogP contribution in [0.25, 0.3) is 0 Å². The van der Waals surface area contributed by atoms with E-state index in [1.807, 2.05) is 12.1 Å². The van der Waals surface area contributed by atoms with Gasteiger partial charge in [-0.1, -0.05) is 36.2 Å². The van der Waals surface area contributed by atoms with Gasteiger partial charge >= 0.3 is 0 Å². The molecule has 2 bridgehead atoms. The van der Waals surface area contributed by atoms with Crippen molar-refractivity contribution >= 4 is 23.2 Å². The molecule has 0 aromatic heterocycles. The molecule has 0 saturated heterocycles. The lowest BCUT2D eigenvalue weighted by molar-refractivity contribution is 0.415. The summed E-state index contributed by atoms with van der Waals surface area (Å²) in [7, 11) is 0. The molecule has 0 spiro atoms. The number of hydrogen-bond acceptors (Lipinski definition) is 1. The van der Waals surface area contributed by atoms with Crippen molar-refractivity contribution < 1.29 is 0 Å². The summed E-state index contributed by atoms with van der Waals surface area (Å²) in [5.74, 6) is 3.96. The second-order valence-corrected chi connectivity index (χ2v) is 7.65. The van der Waals surface area contributed by atoms with Crippen LogP contribution in [-0.2, 0) is 0 Å². The summed E-state index contributed by atoms with van der Waals surface area (Å²) in [5, 5.41) is 5.41. The van der Waals surface area contributed by atoms with Gasteiger partial charge in [0, 0.05) is 22.1 Å². The minimum atomic E-state index is 0.370. The van der Waals surface area contributed by atoms with Gasteiger partial charge in [0.15, 0.2) is 0 Å². The first-order chi connectivity index (χ1) is 9.69. The Morgan fingerprint density at radius 3 is 2.50 bits per heavy atom. The molecule has 20 heavy (non-hydrogen) atoms. The summed E-state index contributed by atoms with van der Waals surface area (Å²) < 4.78 is 0. The molecule has 1 aromatic carbocycles. The van der Waals surface area contributed by atoms with Crippen molar-refractivity contribution in [2.75, 3.05) is 0 Å². The van der Waals surface area contributed by atoms with Crippen LogP contribution in [0.2, 0.25) is 10.0 Å². The van der Waals surface area contributed by atoms with Crippen molar-refractivity contribution in [3.05, 3.63) is 33.8 Å². The van der Waals surface area contributed by atoms with Gasteiger partial charge in [0.25, 0.3) is 0 Å². The molecule has 5 atom stereocenters. The Morgan fingerprint density at radius 1 is 1.20 bits per heavy atom. The van der Waals surface area contributed by atoms with Gasteiger partial charge in [-0.05, 0) is 67.1 Å². The molecule has 0 amide bonds. The molecule has 1 aromatic rings. The molecular formula is C17H21Cl2N. The van der Waals surface area contributed by atoms with Gasteiger partial charge in [-0.2, -0.15) is 0 Å². The molecule has 0 heterocycles. The Morgan fingerprint density at radius 2 is 1.90 bits per heavy atom. The zero-order valence-corrected chi connectivity index (χ0v) is 13.3. The number of nitrogens with one attached hydrogen (secondary N) is 1. The SMILES string of the molecule is CCC(NC1C2C3CCC(C3)C12)c1ccc(Cl)cc1Cl. The fourth-order valence-electron chi connectivity index (χ4n) is 4.99. The van der Waals surface area contributed by atoms with E-state index in [9.17, 15) is 0 Å². The maximum absolute atomic E-state index is 6.37. The van der Waals surface area contributed by atoms with Gasteiger partial charge in [-0.25, -0.2) is 0 Å². The maximum Gasteiger partial charge on any atom is 0.0468 e. The van der Waals surface area contributed by atoms with E-state index in [0.29, 0.717) is 6.04 Å². The van der Waals surface area contributed by atoms with E-state index in [1.165, 1.54) is 24.8 Å². The first kappa shape index (κ1) is 13.4. The standard InChI is InChI=1S/C17H21Cl2N/c1-2-14(12-6-5-11(18)8-13(12)19)20-17-15-9-3-4-10(7-9)16(15)17/h5-6,8-10,14-17,20H,2-4,7H2,1H3. The number of rotatable bonds is 4. The van der Waals surface area contributed by atoms with Gasteiger partial charge < -0.3 is 5.32 Å². The predicted octanol–water partition coefficient (Wildman–Crippen LogP) is 5.08. The van der Waals surface area contributed by atoms with E-state index >= 15 is 0 Å². The van der Waals surface area contributed by atoms with E-state index in [1.54, 1.807) is 0 Å². The van der Waals surface area contributed by atoms with Gasteiger partial charge in [0.1, 0.15) is 0 Å². The van der Waals surface area contributed by atoms with Gasteiger partial charge in [0.2, 0.25) is 0 Å². The van der Waals surface area contributed by atoms with Crippen LogP contribution in [0, 0.1) is 23.7 Å². The number of fused-ring (bicyclic) bond motifs is 5. The molecule has 3 heteroatoms. The molecule has 4 rings (SSSR count). The number of halogens is 2. The molecule has 0 radical (unpaired) electrons. The average molecular weight is 310 g/mol. The quantitative estimate of drug-likeness (QED) is 0.818. The van der Waals surface area contributed by atoms with Crippen molar-refractivity contribution in [1.29, 1.82) is 0 Å². The minimum Gasteiger partial charge on any atom is -0.307 e. The van der Waals surface area contributed by atoms with Crippen molar-refractivity contribution in [2.24, 2.45) is 23.7 Å². The molecule has 108 valence electrons. The predicted molar refractivity (Wildman–Crippen MR) is 84.2 cm³/mol. The highest BCUT2D eigenvalue weighted by atomic mass is 35.5. The van der Waals surface area contributed by atoms with E-state index < -0.39 is 0 Å². The summed E-state index contributed by atoms with van der Waals surface area (Å²) in [4.78, 5) is 0. The van der Waals surface area contributed by atoms with Crippen molar-refractivity contribution in [3.8, 4) is 0 Å². The molecule has 5 unspecified atom stereocenters. The second-order valence-electron chi connectivity index (χ2n) is 6.81. The fourth-order valence-corrected chi connectivity index (χ4v) is 5.53. The highest BCUT2D eigenvalue weighted by molar-refractivity contribution is 6.35. The fraction of sp³-hybridized carbons (Fsp3) is 0.647. The Kier molecular flexibility index (Phi) is 3.29. The van der Waals surface area contributed by atoms with Gasteiger partial charge in [-0.3, -0.25) is 0 Å². The van der Waals surface area contributed by atoms with Crippen molar-refractivity contribution in [2.45, 2.75) is 44.7 Å². The number of benzene rings is 1. The summed E-state index contributed by atoms with van der Waals surface area (Å²) in [6, 6.07) is 7.01. The monoisotopic (exact) mass is 309 g/mol. The molecule has 3 fully saturated rings. The maximum atomic E-state index is 6.37. The highest BCUT2D eigenvalue weighted by Gasteiger charge is 2.64. The first-order valence-electron chi connectivity index (χ1n) is 7.90. The molecule has 3 saturated carbocycles. The third kappa shape index (κ3) is 2.01. The second kappa shape index (κ2) is 4.90. The van der Waals surface area contributed by atoms with Crippen molar-refractivity contribution in [1.82, 2.24) is 5.32 Å². The molecule has 0 aliphatic heterocycles. The van der Waals surface area contributed by atoms with E-state index in [-0.39, 0.29) is 0 Å². The Labute approximate surface area is 131 Å². The summed E-state index contributed by atoms with van der Waals surface area (Å²) in [6.45, 7) is 2.23. The Bertz CT molecular complexity index is 514. The third-order valence-corrected chi connectivity index (χ3v) is 6.44. The molecule has 1 nitrogen and oxygen atoms in total. The van der Waals surface area contributed by atoms with Crippen LogP contribution >= 0.6 is 23.2 Å². The lowest BCUT2D eigenvalue weighted by atomic mass is 10.0. The zero-order valence-electron chi connectivity index (χ0n) is 11.8. The lowest BCUT2D eigenvalue weighted by Crippen LogP contribution is -2.27. The first-order valence-corrected chi connectivity index (χ1v) is 8.65. The summed E-state index contributed by atoms with van der Waals surface area (Å²) in [5.41, 5.74) is 1.20. The van der Waals surface area contributed by atoms with Crippen LogP contribution < -0.4 is 5.32 Å². The van der Waals surface area contributed by atoms with Crippen LogP contribution in [0.4, 0.5) is 0 Å². The topological polar surface area (TPSA) is 12.0 Å². The van der Waals surface area contributed by atoms with Crippen molar-refractivity contribution in [3.63, 3.8) is 0 Å². The van der Waals surface area contributed by atoms with Crippen LogP contribution in [0.15, 0.2) is 18.2 Å². The molecule has 3 aliphatic rings. The largest absolute Gasteiger partial charge is 0.307 e. The van der Waals surface area contributed by atoms with E-state index in [2.05, 4.69) is 18.3 Å². The third-order valence-electron chi connectivity index (χ3n) is 5.88. The van der Waals surface area contributed by atoms with Crippen LogP contribution in [-0.4, -0.2) is 6.04 Å². The van der Waals surface area contributed by atoms with Gasteiger partial charge in [-0.15, -0.1) is 0 Å².